The molecule has 0 aliphatic heterocycles. The van der Waals surface area contributed by atoms with Gasteiger partial charge in [0.2, 0.25) is 0 Å². The van der Waals surface area contributed by atoms with Crippen LogP contribution in [0.4, 0.5) is 0 Å². The molecule has 0 saturated carbocycles. The Morgan fingerprint density at radius 2 is 2.09 bits per heavy atom. The second-order valence-electron chi connectivity index (χ2n) is 2.24. The van der Waals surface area contributed by atoms with Crippen LogP contribution in [0, 0.1) is 0 Å². The van der Waals surface area contributed by atoms with Crippen molar-refractivity contribution in [3.05, 3.63) is 12.7 Å². The first-order chi connectivity index (χ1) is 5.17. The first-order valence-corrected chi connectivity index (χ1v) is 3.76. The summed E-state index contributed by atoms with van der Waals surface area (Å²) in [6.45, 7) is 8.81. The van der Waals surface area contributed by atoms with E-state index in [9.17, 15) is 4.79 Å². The molecule has 1 N–H and O–H groups in total. The molecule has 0 bridgehead atoms. The van der Waals surface area contributed by atoms with E-state index in [-0.39, 0.29) is 0 Å². The minimum atomic E-state index is -0.830. The molecular weight excluding hydrogens is 142 g/mol. The molecule has 1 unspecified atom stereocenters. The van der Waals surface area contributed by atoms with Gasteiger partial charge in [0.05, 0.1) is 0 Å². The van der Waals surface area contributed by atoms with Crippen molar-refractivity contribution in [2.45, 2.75) is 19.9 Å². The van der Waals surface area contributed by atoms with Crippen molar-refractivity contribution in [1.29, 1.82) is 0 Å². The van der Waals surface area contributed by atoms with Gasteiger partial charge in [0, 0.05) is 0 Å². The molecule has 64 valence electrons. The van der Waals surface area contributed by atoms with Crippen molar-refractivity contribution >= 4 is 5.97 Å². The summed E-state index contributed by atoms with van der Waals surface area (Å²) in [6.07, 6.45) is 1.45. The van der Waals surface area contributed by atoms with Crippen molar-refractivity contribution in [2.24, 2.45) is 0 Å². The van der Waals surface area contributed by atoms with Crippen molar-refractivity contribution in [2.75, 3.05) is 13.1 Å². The zero-order chi connectivity index (χ0) is 8.85. The Balaban J connectivity index is 4.20. The van der Waals surface area contributed by atoms with E-state index in [1.807, 2.05) is 18.7 Å². The van der Waals surface area contributed by atoms with Crippen LogP contribution in [0.15, 0.2) is 12.7 Å². The molecule has 0 amide bonds. The molecule has 11 heavy (non-hydrogen) atoms. The van der Waals surface area contributed by atoms with Crippen LogP contribution in [0.1, 0.15) is 13.8 Å². The average Bonchev–Trinajstić information content (AvgIpc) is 1.99. The highest BCUT2D eigenvalue weighted by molar-refractivity contribution is 5.75. The normalized spacial score (nSPS) is 13.0. The van der Waals surface area contributed by atoms with Crippen LogP contribution in [0.2, 0.25) is 0 Å². The zero-order valence-corrected chi connectivity index (χ0v) is 7.08. The molecule has 0 aliphatic carbocycles. The highest BCUT2D eigenvalue weighted by Gasteiger charge is 2.18. The third kappa shape index (κ3) is 2.72. The maximum absolute atomic E-state index is 10.6. The molecule has 0 rings (SSSR count). The Morgan fingerprint density at radius 1 is 1.64 bits per heavy atom. The van der Waals surface area contributed by atoms with Gasteiger partial charge in [-0.1, -0.05) is 19.9 Å². The van der Waals surface area contributed by atoms with E-state index in [2.05, 4.69) is 6.58 Å². The predicted molar refractivity (Wildman–Crippen MR) is 44.5 cm³/mol. The van der Waals surface area contributed by atoms with Gasteiger partial charge in [-0.15, -0.1) is 6.58 Å². The van der Waals surface area contributed by atoms with Crippen LogP contribution in [0.5, 0.6) is 0 Å². The van der Waals surface area contributed by atoms with E-state index in [0.717, 1.165) is 13.1 Å². The summed E-state index contributed by atoms with van der Waals surface area (Å²) in [6, 6.07) is -0.537. The van der Waals surface area contributed by atoms with Crippen LogP contribution < -0.4 is 0 Å². The summed E-state index contributed by atoms with van der Waals surface area (Å²) in [5.41, 5.74) is 0. The van der Waals surface area contributed by atoms with Crippen LogP contribution in [-0.2, 0) is 4.79 Å². The number of aliphatic carboxylic acids is 1. The molecule has 0 saturated heterocycles. The van der Waals surface area contributed by atoms with Gasteiger partial charge in [-0.3, -0.25) is 9.69 Å². The minimum Gasteiger partial charge on any atom is -0.480 e. The lowest BCUT2D eigenvalue weighted by molar-refractivity contribution is -0.141. The molecule has 0 fully saturated rings. The molecule has 0 radical (unpaired) electrons. The van der Waals surface area contributed by atoms with E-state index in [1.54, 1.807) is 0 Å². The second kappa shape index (κ2) is 4.91. The molecule has 0 aromatic rings. The van der Waals surface area contributed by atoms with Crippen molar-refractivity contribution in [3.63, 3.8) is 0 Å². The molecule has 0 aromatic carbocycles. The highest BCUT2D eigenvalue weighted by atomic mass is 16.4. The number of hydrogen-bond acceptors (Lipinski definition) is 2. The predicted octanol–water partition coefficient (Wildman–Crippen LogP) is 0.967. The summed E-state index contributed by atoms with van der Waals surface area (Å²) < 4.78 is 0. The maximum Gasteiger partial charge on any atom is 0.324 e. The third-order valence-corrected chi connectivity index (χ3v) is 1.68. The van der Waals surface area contributed by atoms with Gasteiger partial charge in [0.15, 0.2) is 0 Å². The van der Waals surface area contributed by atoms with Gasteiger partial charge in [0.1, 0.15) is 6.04 Å². The van der Waals surface area contributed by atoms with Crippen molar-refractivity contribution in [1.82, 2.24) is 4.90 Å². The molecular formula is C8H15NO2. The molecule has 0 aliphatic rings. The van der Waals surface area contributed by atoms with E-state index >= 15 is 0 Å². The molecule has 0 heterocycles. The number of carboxylic acids is 1. The van der Waals surface area contributed by atoms with Crippen molar-refractivity contribution < 1.29 is 9.90 Å². The van der Waals surface area contributed by atoms with E-state index < -0.39 is 12.0 Å². The topological polar surface area (TPSA) is 40.5 Å². The fourth-order valence-electron chi connectivity index (χ4n) is 1.02. The maximum atomic E-state index is 10.6. The van der Waals surface area contributed by atoms with Crippen LogP contribution in [-0.4, -0.2) is 35.1 Å². The summed E-state index contributed by atoms with van der Waals surface area (Å²) in [7, 11) is 0. The zero-order valence-electron chi connectivity index (χ0n) is 7.08. The van der Waals surface area contributed by atoms with E-state index in [4.69, 9.17) is 5.11 Å². The molecule has 0 aromatic heterocycles. The van der Waals surface area contributed by atoms with Gasteiger partial charge >= 0.3 is 5.97 Å². The lowest BCUT2D eigenvalue weighted by atomic mass is 10.2. The number of rotatable bonds is 5. The first-order valence-electron chi connectivity index (χ1n) is 3.76. The van der Waals surface area contributed by atoms with Gasteiger partial charge in [0.25, 0.3) is 0 Å². The summed E-state index contributed by atoms with van der Waals surface area (Å²) >= 11 is 0. The Morgan fingerprint density at radius 3 is 2.18 bits per heavy atom. The lowest BCUT2D eigenvalue weighted by Crippen LogP contribution is -2.39. The van der Waals surface area contributed by atoms with Gasteiger partial charge < -0.3 is 5.11 Å². The summed E-state index contributed by atoms with van der Waals surface area (Å²) in [4.78, 5) is 12.4. The molecule has 1 atom stereocenters. The third-order valence-electron chi connectivity index (χ3n) is 1.68. The van der Waals surface area contributed by atoms with Gasteiger partial charge in [-0.25, -0.2) is 0 Å². The largest absolute Gasteiger partial charge is 0.480 e. The van der Waals surface area contributed by atoms with E-state index in [0.29, 0.717) is 0 Å². The first kappa shape index (κ1) is 10.2. The van der Waals surface area contributed by atoms with Crippen molar-refractivity contribution in [3.8, 4) is 0 Å². The smallest absolute Gasteiger partial charge is 0.324 e. The summed E-state index contributed by atoms with van der Waals surface area (Å²) in [5, 5.41) is 8.69. The Hall–Kier alpha value is -0.830. The van der Waals surface area contributed by atoms with E-state index in [1.165, 1.54) is 6.08 Å². The van der Waals surface area contributed by atoms with Gasteiger partial charge in [-0.05, 0) is 13.1 Å². The Bertz CT molecular complexity index is 141. The number of carbonyl (C=O) groups is 1. The fourth-order valence-corrected chi connectivity index (χ4v) is 1.02. The quantitative estimate of drug-likeness (QED) is 0.604. The highest BCUT2D eigenvalue weighted by Crippen LogP contribution is 1.99. The van der Waals surface area contributed by atoms with Crippen LogP contribution in [0.25, 0.3) is 0 Å². The minimum absolute atomic E-state index is 0.537. The lowest BCUT2D eigenvalue weighted by Gasteiger charge is -2.22. The van der Waals surface area contributed by atoms with Crippen LogP contribution in [0.3, 0.4) is 0 Å². The molecule has 0 spiro atoms. The Labute approximate surface area is 67.3 Å². The van der Waals surface area contributed by atoms with Crippen LogP contribution >= 0.6 is 0 Å². The molecule has 3 nitrogen and oxygen atoms in total. The fraction of sp³-hybridized carbons (Fsp3) is 0.625. The number of carboxylic acid groups (broad SMARTS) is 1. The number of nitrogens with zero attached hydrogens (tertiary/aromatic N) is 1. The SMILES string of the molecule is C=CC(C(=O)O)N(CC)CC. The summed E-state index contributed by atoms with van der Waals surface area (Å²) in [5.74, 6) is -0.830. The average molecular weight is 157 g/mol. The number of hydrogen-bond donors (Lipinski definition) is 1. The standard InChI is InChI=1S/C8H15NO2/c1-4-7(8(10)11)9(5-2)6-3/h4,7H,1,5-6H2,2-3H3,(H,10,11). The Kier molecular flexibility index (Phi) is 4.54. The second-order valence-corrected chi connectivity index (χ2v) is 2.24. The number of likely N-dealkylation sites (N-methyl/N-ethyl adjacent to an activating group) is 1. The van der Waals surface area contributed by atoms with Gasteiger partial charge in [-0.2, -0.15) is 0 Å². The monoisotopic (exact) mass is 157 g/mol. The molecule has 3 heteroatoms.